The van der Waals surface area contributed by atoms with E-state index in [0.29, 0.717) is 21.3 Å². The van der Waals surface area contributed by atoms with E-state index in [-0.39, 0.29) is 28.9 Å². The van der Waals surface area contributed by atoms with Crippen LogP contribution < -0.4 is 5.32 Å². The first kappa shape index (κ1) is 21.0. The van der Waals surface area contributed by atoms with Gasteiger partial charge in [-0.2, -0.15) is 0 Å². The van der Waals surface area contributed by atoms with Crippen LogP contribution in [0, 0.1) is 5.82 Å². The van der Waals surface area contributed by atoms with Crippen LogP contribution in [0.4, 0.5) is 10.1 Å². The average molecular weight is 553 g/mol. The molecule has 2 amide bonds. The second-order valence-electron chi connectivity index (χ2n) is 6.79. The highest BCUT2D eigenvalue weighted by atomic mass is 79.9. The van der Waals surface area contributed by atoms with E-state index in [1.165, 1.54) is 17.0 Å². The molecule has 1 atom stereocenters. The third-order valence-electron chi connectivity index (χ3n) is 4.81. The van der Waals surface area contributed by atoms with Crippen molar-refractivity contribution in [1.29, 1.82) is 0 Å². The summed E-state index contributed by atoms with van der Waals surface area (Å²) in [5.41, 5.74) is 2.24. The average Bonchev–Trinajstić information content (AvgIpc) is 2.85. The Morgan fingerprint density at radius 3 is 2.43 bits per heavy atom. The van der Waals surface area contributed by atoms with Gasteiger partial charge in [-0.1, -0.05) is 55.6 Å². The lowest BCUT2D eigenvalue weighted by atomic mass is 9.95. The van der Waals surface area contributed by atoms with E-state index in [9.17, 15) is 14.0 Å². The fourth-order valence-corrected chi connectivity index (χ4v) is 4.43. The highest BCUT2D eigenvalue weighted by molar-refractivity contribution is 9.10. The van der Waals surface area contributed by atoms with Gasteiger partial charge >= 0.3 is 0 Å². The smallest absolute Gasteiger partial charge is 0.256 e. The van der Waals surface area contributed by atoms with Gasteiger partial charge < -0.3 is 10.2 Å². The second kappa shape index (κ2) is 8.49. The molecule has 3 aromatic carbocycles. The highest BCUT2D eigenvalue weighted by Crippen LogP contribution is 2.38. The van der Waals surface area contributed by atoms with Crippen molar-refractivity contribution in [2.24, 2.45) is 0 Å². The van der Waals surface area contributed by atoms with Crippen LogP contribution in [0.1, 0.15) is 27.5 Å². The van der Waals surface area contributed by atoms with Gasteiger partial charge in [-0.05, 0) is 54.1 Å². The number of amides is 2. The summed E-state index contributed by atoms with van der Waals surface area (Å²) in [4.78, 5) is 27.7. The SMILES string of the molecule is O=C1CN(C(=O)c2cc(Br)ccc2Cl)C(c2ccc(F)cc2)c2cc(Br)ccc2N1. The van der Waals surface area contributed by atoms with Crippen molar-refractivity contribution < 1.29 is 14.0 Å². The Kier molecular flexibility index (Phi) is 5.95. The molecule has 0 saturated carbocycles. The maximum atomic E-state index is 13.6. The third kappa shape index (κ3) is 4.15. The number of rotatable bonds is 2. The van der Waals surface area contributed by atoms with Crippen LogP contribution in [0.3, 0.4) is 0 Å². The maximum absolute atomic E-state index is 13.6. The molecule has 1 unspecified atom stereocenters. The Balaban J connectivity index is 1.92. The lowest BCUT2D eigenvalue weighted by molar-refractivity contribution is -0.117. The quantitative estimate of drug-likeness (QED) is 0.412. The number of hydrogen-bond acceptors (Lipinski definition) is 2. The molecule has 0 spiro atoms. The van der Waals surface area contributed by atoms with Gasteiger partial charge in [-0.3, -0.25) is 9.59 Å². The van der Waals surface area contributed by atoms with Gasteiger partial charge in [0.2, 0.25) is 5.91 Å². The Hall–Kier alpha value is -2.22. The molecule has 0 bridgehead atoms. The molecule has 4 nitrogen and oxygen atoms in total. The van der Waals surface area contributed by atoms with Crippen molar-refractivity contribution in [3.8, 4) is 0 Å². The number of anilines is 1. The van der Waals surface area contributed by atoms with Crippen molar-refractivity contribution in [2.75, 3.05) is 11.9 Å². The summed E-state index contributed by atoms with van der Waals surface area (Å²) in [5, 5.41) is 3.13. The number of benzene rings is 3. The van der Waals surface area contributed by atoms with Crippen LogP contribution >= 0.6 is 43.5 Å². The lowest BCUT2D eigenvalue weighted by Crippen LogP contribution is -2.39. The van der Waals surface area contributed by atoms with Gasteiger partial charge in [0, 0.05) is 20.2 Å². The molecule has 152 valence electrons. The van der Waals surface area contributed by atoms with E-state index in [1.807, 2.05) is 12.1 Å². The van der Waals surface area contributed by atoms with Crippen molar-refractivity contribution in [3.63, 3.8) is 0 Å². The normalized spacial score (nSPS) is 15.9. The lowest BCUT2D eigenvalue weighted by Gasteiger charge is -2.31. The number of carbonyl (C=O) groups is 2. The molecule has 4 rings (SSSR count). The van der Waals surface area contributed by atoms with Crippen molar-refractivity contribution in [1.82, 2.24) is 4.90 Å². The summed E-state index contributed by atoms with van der Waals surface area (Å²) in [7, 11) is 0. The van der Waals surface area contributed by atoms with Crippen LogP contribution in [-0.4, -0.2) is 23.3 Å². The topological polar surface area (TPSA) is 49.4 Å². The third-order valence-corrected chi connectivity index (χ3v) is 6.13. The Bertz CT molecular complexity index is 1150. The zero-order valence-electron chi connectivity index (χ0n) is 15.3. The molecule has 0 aromatic heterocycles. The molecule has 1 heterocycles. The van der Waals surface area contributed by atoms with Crippen molar-refractivity contribution in [2.45, 2.75) is 6.04 Å². The van der Waals surface area contributed by atoms with Gasteiger partial charge in [0.15, 0.2) is 0 Å². The largest absolute Gasteiger partial charge is 0.324 e. The fourth-order valence-electron chi connectivity index (χ4n) is 3.49. The molecule has 1 aliphatic rings. The van der Waals surface area contributed by atoms with Crippen molar-refractivity contribution >= 4 is 61.0 Å². The Morgan fingerprint density at radius 2 is 1.70 bits per heavy atom. The van der Waals surface area contributed by atoms with Gasteiger partial charge in [0.05, 0.1) is 16.6 Å². The fraction of sp³-hybridized carbons (Fsp3) is 0.0909. The first-order valence-corrected chi connectivity index (χ1v) is 10.9. The molecule has 3 aromatic rings. The second-order valence-corrected chi connectivity index (χ2v) is 9.03. The molecular formula is C22H14Br2ClFN2O2. The summed E-state index contributed by atoms with van der Waals surface area (Å²) >= 11 is 13.1. The molecule has 8 heteroatoms. The predicted molar refractivity (Wildman–Crippen MR) is 121 cm³/mol. The molecule has 0 saturated heterocycles. The number of carbonyl (C=O) groups excluding carboxylic acids is 2. The van der Waals surface area contributed by atoms with Crippen LogP contribution in [0.2, 0.25) is 5.02 Å². The molecule has 0 aliphatic carbocycles. The number of fused-ring (bicyclic) bond motifs is 1. The minimum Gasteiger partial charge on any atom is -0.324 e. The van der Waals surface area contributed by atoms with Crippen LogP contribution in [-0.2, 0) is 4.79 Å². The van der Waals surface area contributed by atoms with Gasteiger partial charge in [-0.25, -0.2) is 4.39 Å². The van der Waals surface area contributed by atoms with Gasteiger partial charge in [0.25, 0.3) is 5.91 Å². The molecule has 30 heavy (non-hydrogen) atoms. The zero-order chi connectivity index (χ0) is 21.4. The van der Waals surface area contributed by atoms with E-state index >= 15 is 0 Å². The van der Waals surface area contributed by atoms with Gasteiger partial charge in [-0.15, -0.1) is 0 Å². The Labute approximate surface area is 194 Å². The molecule has 1 aliphatic heterocycles. The van der Waals surface area contributed by atoms with E-state index in [0.717, 1.165) is 4.47 Å². The summed E-state index contributed by atoms with van der Waals surface area (Å²) in [6, 6.07) is 15.7. The standard InChI is InChI=1S/C22H14Br2ClFN2O2/c23-13-3-7-18(25)16(9-13)22(30)28-11-20(29)27-19-8-4-14(24)10-17(19)21(28)12-1-5-15(26)6-2-12/h1-10,21H,11H2,(H,27,29). The summed E-state index contributed by atoms with van der Waals surface area (Å²) in [5.74, 6) is -1.12. The number of nitrogens with one attached hydrogen (secondary N) is 1. The van der Waals surface area contributed by atoms with Crippen LogP contribution in [0.5, 0.6) is 0 Å². The minimum atomic E-state index is -0.625. The summed E-state index contributed by atoms with van der Waals surface area (Å²) < 4.78 is 15.1. The van der Waals surface area contributed by atoms with E-state index in [1.54, 1.807) is 36.4 Å². The van der Waals surface area contributed by atoms with Gasteiger partial charge in [0.1, 0.15) is 12.4 Å². The summed E-state index contributed by atoms with van der Waals surface area (Å²) in [6.45, 7) is -0.185. The van der Waals surface area contributed by atoms with Crippen molar-refractivity contribution in [3.05, 3.63) is 97.1 Å². The predicted octanol–water partition coefficient (Wildman–Crippen LogP) is 6.19. The first-order chi connectivity index (χ1) is 14.3. The number of nitrogens with zero attached hydrogens (tertiary/aromatic N) is 1. The molecule has 0 radical (unpaired) electrons. The van der Waals surface area contributed by atoms with E-state index in [2.05, 4.69) is 37.2 Å². The highest BCUT2D eigenvalue weighted by Gasteiger charge is 2.34. The zero-order valence-corrected chi connectivity index (χ0v) is 19.3. The molecule has 1 N–H and O–H groups in total. The Morgan fingerprint density at radius 1 is 1.03 bits per heavy atom. The number of halogens is 4. The molecular weight excluding hydrogens is 539 g/mol. The first-order valence-electron chi connectivity index (χ1n) is 8.94. The van der Waals surface area contributed by atoms with Crippen LogP contribution in [0.25, 0.3) is 0 Å². The minimum absolute atomic E-state index is 0.185. The van der Waals surface area contributed by atoms with E-state index < -0.39 is 11.9 Å². The molecule has 0 fully saturated rings. The number of hydrogen-bond donors (Lipinski definition) is 1. The van der Waals surface area contributed by atoms with E-state index in [4.69, 9.17) is 11.6 Å². The maximum Gasteiger partial charge on any atom is 0.256 e. The summed E-state index contributed by atoms with van der Waals surface area (Å²) in [6.07, 6.45) is 0. The van der Waals surface area contributed by atoms with Crippen LogP contribution in [0.15, 0.2) is 69.6 Å². The monoisotopic (exact) mass is 550 g/mol.